The second-order valence-electron chi connectivity index (χ2n) is 6.64. The Kier molecular flexibility index (Phi) is 4.24. The lowest BCUT2D eigenvalue weighted by molar-refractivity contribution is -0.129. The van der Waals surface area contributed by atoms with E-state index in [0.717, 1.165) is 18.4 Å². The molecule has 3 aromatic rings. The second kappa shape index (κ2) is 6.70. The third-order valence-electron chi connectivity index (χ3n) is 4.89. The van der Waals surface area contributed by atoms with Gasteiger partial charge < -0.3 is 9.88 Å². The van der Waals surface area contributed by atoms with Gasteiger partial charge in [-0.1, -0.05) is 35.5 Å². The summed E-state index contributed by atoms with van der Waals surface area (Å²) in [5.41, 5.74) is 1.56. The van der Waals surface area contributed by atoms with Crippen molar-refractivity contribution in [2.75, 3.05) is 13.1 Å². The number of aromatic amines is 1. The average Bonchev–Trinajstić information content (AvgIpc) is 3.06. The molecule has 1 aromatic carbocycles. The van der Waals surface area contributed by atoms with E-state index in [1.54, 1.807) is 11.6 Å². The minimum atomic E-state index is -0.265. The number of H-pyrrole nitrogens is 1. The molecule has 1 saturated heterocycles. The smallest absolute Gasteiger partial charge is 0.281 e. The van der Waals surface area contributed by atoms with Crippen LogP contribution in [0.2, 0.25) is 0 Å². The fraction of sp³-hybridized carbons (Fsp3) is 0.389. The summed E-state index contributed by atoms with van der Waals surface area (Å²) in [7, 11) is 0. The Morgan fingerprint density at radius 2 is 1.96 bits per heavy atom. The van der Waals surface area contributed by atoms with Crippen molar-refractivity contribution in [3.63, 3.8) is 0 Å². The van der Waals surface area contributed by atoms with Crippen molar-refractivity contribution in [3.05, 3.63) is 52.1 Å². The van der Waals surface area contributed by atoms with Gasteiger partial charge in [0.05, 0.1) is 6.54 Å². The van der Waals surface area contributed by atoms with Crippen LogP contribution in [0.4, 0.5) is 0 Å². The van der Waals surface area contributed by atoms with Crippen LogP contribution in [0.5, 0.6) is 0 Å². The predicted molar refractivity (Wildman–Crippen MR) is 95.7 cm³/mol. The third-order valence-corrected chi connectivity index (χ3v) is 4.89. The van der Waals surface area contributed by atoms with Crippen LogP contribution in [-0.4, -0.2) is 48.9 Å². The second-order valence-corrected chi connectivity index (χ2v) is 6.64. The maximum Gasteiger partial charge on any atom is 0.281 e. The lowest BCUT2D eigenvalue weighted by Crippen LogP contribution is -2.37. The number of piperidine rings is 1. The summed E-state index contributed by atoms with van der Waals surface area (Å²) in [6.07, 6.45) is 1.57. The highest BCUT2D eigenvalue weighted by atomic mass is 16.2. The Labute approximate surface area is 149 Å². The Bertz CT molecular complexity index is 986. The SMILES string of the molecule is CC(=O)N1CCC(c2nc3c(nnn3Cc3ccccc3)c(=O)[nH]2)CC1. The molecular formula is C18H20N6O2. The Balaban J connectivity index is 1.64. The number of hydrogen-bond acceptors (Lipinski definition) is 5. The molecule has 0 unspecified atom stereocenters. The highest BCUT2D eigenvalue weighted by Crippen LogP contribution is 2.25. The van der Waals surface area contributed by atoms with Crippen LogP contribution in [0, 0.1) is 0 Å². The first-order valence-corrected chi connectivity index (χ1v) is 8.74. The monoisotopic (exact) mass is 352 g/mol. The number of benzene rings is 1. The van der Waals surface area contributed by atoms with Gasteiger partial charge in [-0.05, 0) is 18.4 Å². The van der Waals surface area contributed by atoms with Crippen LogP contribution in [0.3, 0.4) is 0 Å². The number of hydrogen-bond donors (Lipinski definition) is 1. The van der Waals surface area contributed by atoms with E-state index in [9.17, 15) is 9.59 Å². The summed E-state index contributed by atoms with van der Waals surface area (Å²) >= 11 is 0. The van der Waals surface area contributed by atoms with Crippen LogP contribution in [0.25, 0.3) is 11.2 Å². The van der Waals surface area contributed by atoms with Gasteiger partial charge in [0, 0.05) is 25.9 Å². The van der Waals surface area contributed by atoms with E-state index in [0.29, 0.717) is 31.1 Å². The summed E-state index contributed by atoms with van der Waals surface area (Å²) in [4.78, 5) is 33.2. The van der Waals surface area contributed by atoms with E-state index in [-0.39, 0.29) is 22.9 Å². The highest BCUT2D eigenvalue weighted by Gasteiger charge is 2.25. The molecule has 8 nitrogen and oxygen atoms in total. The van der Waals surface area contributed by atoms with E-state index in [1.165, 1.54) is 0 Å². The molecule has 1 aliphatic heterocycles. The molecule has 8 heteroatoms. The van der Waals surface area contributed by atoms with Crippen LogP contribution in [0.1, 0.15) is 37.1 Å². The van der Waals surface area contributed by atoms with E-state index in [1.807, 2.05) is 35.2 Å². The van der Waals surface area contributed by atoms with Crippen LogP contribution < -0.4 is 5.56 Å². The number of likely N-dealkylation sites (tertiary alicyclic amines) is 1. The molecule has 3 heterocycles. The topological polar surface area (TPSA) is 96.8 Å². The average molecular weight is 352 g/mol. The predicted octanol–water partition coefficient (Wildman–Crippen LogP) is 1.29. The molecule has 1 aliphatic rings. The number of nitrogens with one attached hydrogen (secondary N) is 1. The molecule has 0 aliphatic carbocycles. The number of nitrogens with zero attached hydrogens (tertiary/aromatic N) is 5. The molecule has 134 valence electrons. The zero-order valence-corrected chi connectivity index (χ0v) is 14.6. The molecule has 0 saturated carbocycles. The molecule has 4 rings (SSSR count). The molecule has 0 radical (unpaired) electrons. The van der Waals surface area contributed by atoms with Crippen molar-refractivity contribution in [1.29, 1.82) is 0 Å². The molecule has 1 fully saturated rings. The lowest BCUT2D eigenvalue weighted by atomic mass is 9.96. The van der Waals surface area contributed by atoms with Crippen molar-refractivity contribution in [1.82, 2.24) is 29.9 Å². The third kappa shape index (κ3) is 3.10. The number of aromatic nitrogens is 5. The van der Waals surface area contributed by atoms with E-state index in [2.05, 4.69) is 20.3 Å². The molecule has 2 aromatic heterocycles. The quantitative estimate of drug-likeness (QED) is 0.766. The lowest BCUT2D eigenvalue weighted by Gasteiger charge is -2.30. The first-order chi connectivity index (χ1) is 12.6. The summed E-state index contributed by atoms with van der Waals surface area (Å²) in [6.45, 7) is 3.46. The van der Waals surface area contributed by atoms with Crippen LogP contribution in [-0.2, 0) is 11.3 Å². The van der Waals surface area contributed by atoms with Gasteiger partial charge in [0.25, 0.3) is 5.56 Å². The van der Waals surface area contributed by atoms with Crippen LogP contribution >= 0.6 is 0 Å². The number of carbonyl (C=O) groups excluding carboxylic acids is 1. The van der Waals surface area contributed by atoms with Gasteiger partial charge in [0.2, 0.25) is 5.91 Å². The van der Waals surface area contributed by atoms with E-state index < -0.39 is 0 Å². The normalized spacial score (nSPS) is 15.5. The molecule has 0 spiro atoms. The Morgan fingerprint density at radius 1 is 1.23 bits per heavy atom. The molecule has 26 heavy (non-hydrogen) atoms. The number of amides is 1. The zero-order chi connectivity index (χ0) is 18.1. The van der Waals surface area contributed by atoms with Crippen molar-refractivity contribution in [2.24, 2.45) is 0 Å². The minimum absolute atomic E-state index is 0.0884. The Morgan fingerprint density at radius 3 is 2.65 bits per heavy atom. The number of fused-ring (bicyclic) bond motifs is 1. The fourth-order valence-electron chi connectivity index (χ4n) is 3.41. The number of rotatable bonds is 3. The summed E-state index contributed by atoms with van der Waals surface area (Å²) in [6, 6.07) is 9.88. The van der Waals surface area contributed by atoms with Crippen LogP contribution in [0.15, 0.2) is 35.1 Å². The Hall–Kier alpha value is -3.03. The van der Waals surface area contributed by atoms with Crippen molar-refractivity contribution in [2.45, 2.75) is 32.2 Å². The van der Waals surface area contributed by atoms with E-state index >= 15 is 0 Å². The van der Waals surface area contributed by atoms with Gasteiger partial charge in [0.1, 0.15) is 5.82 Å². The molecule has 1 amide bonds. The minimum Gasteiger partial charge on any atom is -0.343 e. The van der Waals surface area contributed by atoms with Gasteiger partial charge in [0.15, 0.2) is 11.2 Å². The first-order valence-electron chi connectivity index (χ1n) is 8.74. The zero-order valence-electron chi connectivity index (χ0n) is 14.6. The largest absolute Gasteiger partial charge is 0.343 e. The summed E-state index contributed by atoms with van der Waals surface area (Å²) in [5, 5.41) is 8.09. The molecule has 1 N–H and O–H groups in total. The maximum atomic E-state index is 12.4. The van der Waals surface area contributed by atoms with Crippen molar-refractivity contribution >= 4 is 17.1 Å². The van der Waals surface area contributed by atoms with E-state index in [4.69, 9.17) is 0 Å². The fourth-order valence-corrected chi connectivity index (χ4v) is 3.41. The van der Waals surface area contributed by atoms with Gasteiger partial charge in [-0.25, -0.2) is 9.67 Å². The van der Waals surface area contributed by atoms with Crippen molar-refractivity contribution < 1.29 is 4.79 Å². The molecule has 0 bridgehead atoms. The van der Waals surface area contributed by atoms with Gasteiger partial charge in [-0.3, -0.25) is 9.59 Å². The van der Waals surface area contributed by atoms with Gasteiger partial charge in [-0.15, -0.1) is 5.10 Å². The first kappa shape index (κ1) is 16.4. The standard InChI is InChI=1S/C18H20N6O2/c1-12(25)23-9-7-14(8-10-23)16-19-17-15(18(26)20-16)21-22-24(17)11-13-5-3-2-4-6-13/h2-6,14H,7-11H2,1H3,(H,19,20,26). The van der Waals surface area contributed by atoms with Gasteiger partial charge >= 0.3 is 0 Å². The molecular weight excluding hydrogens is 332 g/mol. The van der Waals surface area contributed by atoms with Gasteiger partial charge in [-0.2, -0.15) is 0 Å². The highest BCUT2D eigenvalue weighted by molar-refractivity contribution is 5.73. The maximum absolute atomic E-state index is 12.4. The van der Waals surface area contributed by atoms with Crippen molar-refractivity contribution in [3.8, 4) is 0 Å². The summed E-state index contributed by atoms with van der Waals surface area (Å²) in [5.74, 6) is 0.871. The number of carbonyl (C=O) groups is 1. The summed E-state index contributed by atoms with van der Waals surface area (Å²) < 4.78 is 1.66. The molecule has 0 atom stereocenters.